The Hall–Kier alpha value is -0.730. The van der Waals surface area contributed by atoms with Crippen molar-refractivity contribution in [3.8, 4) is 0 Å². The molecule has 0 bridgehead atoms. The fourth-order valence-corrected chi connectivity index (χ4v) is 1.24. The van der Waals surface area contributed by atoms with E-state index in [9.17, 15) is 13.2 Å². The van der Waals surface area contributed by atoms with Crippen LogP contribution in [0.5, 0.6) is 0 Å². The zero-order chi connectivity index (χ0) is 9.19. The summed E-state index contributed by atoms with van der Waals surface area (Å²) in [5.74, 6) is 0. The smallest absolute Gasteiger partial charge is 0.166 e. The fourth-order valence-electron chi connectivity index (χ4n) is 1.24. The lowest BCUT2D eigenvalue weighted by Crippen LogP contribution is -2.13. The molecule has 0 saturated heterocycles. The highest BCUT2D eigenvalue weighted by Crippen LogP contribution is 2.33. The second kappa shape index (κ2) is 3.33. The van der Waals surface area contributed by atoms with Crippen molar-refractivity contribution in [1.82, 2.24) is 0 Å². The summed E-state index contributed by atoms with van der Waals surface area (Å²) in [6, 6.07) is 0. The van der Waals surface area contributed by atoms with Crippen molar-refractivity contribution in [3.63, 3.8) is 0 Å². The van der Waals surface area contributed by atoms with E-state index in [4.69, 9.17) is 0 Å². The van der Waals surface area contributed by atoms with Crippen LogP contribution in [-0.4, -0.2) is 6.18 Å². The average Bonchev–Trinajstić information content (AvgIpc) is 2.03. The van der Waals surface area contributed by atoms with E-state index < -0.39 is 6.18 Å². The van der Waals surface area contributed by atoms with E-state index in [1.807, 2.05) is 13.0 Å². The van der Waals surface area contributed by atoms with E-state index in [-0.39, 0.29) is 12.0 Å². The molecule has 3 heteroatoms. The van der Waals surface area contributed by atoms with Crippen molar-refractivity contribution in [3.05, 3.63) is 23.3 Å². The lowest BCUT2D eigenvalue weighted by Gasteiger charge is -2.15. The van der Waals surface area contributed by atoms with Crippen LogP contribution in [0.25, 0.3) is 0 Å². The largest absolute Gasteiger partial charge is 0.412 e. The summed E-state index contributed by atoms with van der Waals surface area (Å²) in [6.07, 6.45) is 0.342. The Labute approximate surface area is 69.8 Å². The van der Waals surface area contributed by atoms with Gasteiger partial charge in [0.15, 0.2) is 0 Å². The zero-order valence-corrected chi connectivity index (χ0v) is 6.91. The molecule has 0 aliphatic heterocycles. The molecule has 0 spiro atoms. The van der Waals surface area contributed by atoms with Crippen LogP contribution < -0.4 is 0 Å². The monoisotopic (exact) mass is 176 g/mol. The van der Waals surface area contributed by atoms with Crippen LogP contribution >= 0.6 is 0 Å². The Kier molecular flexibility index (Phi) is 2.60. The van der Waals surface area contributed by atoms with Crippen LogP contribution in [0.15, 0.2) is 23.3 Å². The van der Waals surface area contributed by atoms with Gasteiger partial charge >= 0.3 is 6.18 Å². The van der Waals surface area contributed by atoms with Gasteiger partial charge in [-0.25, -0.2) is 0 Å². The molecule has 0 radical (unpaired) electrons. The van der Waals surface area contributed by atoms with Crippen molar-refractivity contribution in [1.29, 1.82) is 0 Å². The molecular formula is C9H11F3. The van der Waals surface area contributed by atoms with E-state index in [0.717, 1.165) is 5.57 Å². The molecule has 0 fully saturated rings. The number of hydrogen-bond donors (Lipinski definition) is 0. The summed E-state index contributed by atoms with van der Waals surface area (Å²) in [5, 5.41) is 0. The van der Waals surface area contributed by atoms with E-state index in [0.29, 0.717) is 12.8 Å². The second-order valence-electron chi connectivity index (χ2n) is 2.84. The minimum absolute atomic E-state index is 0.132. The number of rotatable bonds is 1. The third kappa shape index (κ3) is 2.13. The highest BCUT2D eigenvalue weighted by molar-refractivity contribution is 5.29. The van der Waals surface area contributed by atoms with E-state index in [2.05, 4.69) is 0 Å². The molecule has 1 aliphatic carbocycles. The molecule has 1 rings (SSSR count). The number of alkyl halides is 3. The van der Waals surface area contributed by atoms with Gasteiger partial charge in [0.1, 0.15) is 0 Å². The van der Waals surface area contributed by atoms with Gasteiger partial charge in [-0.15, -0.1) is 0 Å². The van der Waals surface area contributed by atoms with Gasteiger partial charge in [0.05, 0.1) is 0 Å². The Bertz CT molecular complexity index is 220. The van der Waals surface area contributed by atoms with Crippen LogP contribution in [0.4, 0.5) is 13.2 Å². The van der Waals surface area contributed by atoms with Gasteiger partial charge in [0.2, 0.25) is 0 Å². The van der Waals surface area contributed by atoms with Crippen LogP contribution in [0.2, 0.25) is 0 Å². The van der Waals surface area contributed by atoms with E-state index >= 15 is 0 Å². The first kappa shape index (κ1) is 9.36. The highest BCUT2D eigenvalue weighted by atomic mass is 19.4. The Balaban J connectivity index is 2.80. The minimum atomic E-state index is -4.13. The highest BCUT2D eigenvalue weighted by Gasteiger charge is 2.33. The first-order valence-corrected chi connectivity index (χ1v) is 4.01. The SMILES string of the molecule is CCC1=CCCC(C(F)(F)F)=C1. The number of allylic oxidation sites excluding steroid dienone is 4. The third-order valence-electron chi connectivity index (χ3n) is 1.95. The third-order valence-corrected chi connectivity index (χ3v) is 1.95. The van der Waals surface area contributed by atoms with Gasteiger partial charge in [-0.3, -0.25) is 0 Å². The Morgan fingerprint density at radius 2 is 2.08 bits per heavy atom. The molecule has 0 aromatic rings. The second-order valence-corrected chi connectivity index (χ2v) is 2.84. The first-order chi connectivity index (χ1) is 5.54. The summed E-state index contributed by atoms with van der Waals surface area (Å²) in [6.45, 7) is 1.86. The molecule has 0 amide bonds. The molecule has 0 aromatic heterocycles. The molecule has 0 atom stereocenters. The van der Waals surface area contributed by atoms with Crippen LogP contribution in [0.1, 0.15) is 26.2 Å². The van der Waals surface area contributed by atoms with Gasteiger partial charge < -0.3 is 0 Å². The molecule has 0 heterocycles. The van der Waals surface area contributed by atoms with Gasteiger partial charge in [-0.05, 0) is 19.3 Å². The molecule has 0 aromatic carbocycles. The lowest BCUT2D eigenvalue weighted by molar-refractivity contribution is -0.0941. The predicted octanol–water partition coefficient (Wildman–Crippen LogP) is 3.61. The molecule has 0 nitrogen and oxygen atoms in total. The van der Waals surface area contributed by atoms with Crippen LogP contribution in [0.3, 0.4) is 0 Å². The standard InChI is InChI=1S/C9H11F3/c1-2-7-4-3-5-8(6-7)9(10,11)12/h4,6H,2-3,5H2,1H3. The average molecular weight is 176 g/mol. The minimum Gasteiger partial charge on any atom is -0.166 e. The molecule has 1 aliphatic rings. The van der Waals surface area contributed by atoms with Gasteiger partial charge in [-0.2, -0.15) is 13.2 Å². The van der Waals surface area contributed by atoms with Crippen LogP contribution in [0, 0.1) is 0 Å². The summed E-state index contributed by atoms with van der Waals surface area (Å²) in [5.41, 5.74) is 0.412. The maximum atomic E-state index is 12.2. The Morgan fingerprint density at radius 3 is 2.58 bits per heavy atom. The van der Waals surface area contributed by atoms with Crippen molar-refractivity contribution in [2.75, 3.05) is 0 Å². The van der Waals surface area contributed by atoms with Crippen molar-refractivity contribution in [2.45, 2.75) is 32.4 Å². The van der Waals surface area contributed by atoms with Gasteiger partial charge in [0.25, 0.3) is 0 Å². The summed E-state index contributed by atoms with van der Waals surface area (Å²) >= 11 is 0. The molecule has 0 N–H and O–H groups in total. The number of hydrogen-bond acceptors (Lipinski definition) is 0. The summed E-state index contributed by atoms with van der Waals surface area (Å²) in [4.78, 5) is 0. The quantitative estimate of drug-likeness (QED) is 0.572. The van der Waals surface area contributed by atoms with E-state index in [1.54, 1.807) is 0 Å². The topological polar surface area (TPSA) is 0 Å². The summed E-state index contributed by atoms with van der Waals surface area (Å²) in [7, 11) is 0. The molecule has 68 valence electrons. The van der Waals surface area contributed by atoms with Gasteiger partial charge in [-0.1, -0.05) is 24.6 Å². The fraction of sp³-hybridized carbons (Fsp3) is 0.556. The van der Waals surface area contributed by atoms with Crippen molar-refractivity contribution in [2.24, 2.45) is 0 Å². The maximum Gasteiger partial charge on any atom is 0.412 e. The molecule has 0 unspecified atom stereocenters. The zero-order valence-electron chi connectivity index (χ0n) is 6.91. The number of halogens is 3. The Morgan fingerprint density at radius 1 is 1.42 bits per heavy atom. The molecule has 12 heavy (non-hydrogen) atoms. The molecule has 0 saturated carbocycles. The van der Waals surface area contributed by atoms with Crippen molar-refractivity contribution >= 4 is 0 Å². The lowest BCUT2D eigenvalue weighted by atomic mass is 9.98. The predicted molar refractivity (Wildman–Crippen MR) is 41.7 cm³/mol. The normalized spacial score (nSPS) is 18.7. The molecular weight excluding hydrogens is 165 g/mol. The van der Waals surface area contributed by atoms with E-state index in [1.165, 1.54) is 6.08 Å². The maximum absolute atomic E-state index is 12.2. The van der Waals surface area contributed by atoms with Crippen molar-refractivity contribution < 1.29 is 13.2 Å². The van der Waals surface area contributed by atoms with Gasteiger partial charge in [0, 0.05) is 5.57 Å². The first-order valence-electron chi connectivity index (χ1n) is 4.01. The summed E-state index contributed by atoms with van der Waals surface area (Å²) < 4.78 is 36.5. The van der Waals surface area contributed by atoms with Crippen LogP contribution in [-0.2, 0) is 0 Å².